The van der Waals surface area contributed by atoms with Gasteiger partial charge < -0.3 is 5.32 Å². The number of carbonyl (C=O) groups excluding carboxylic acids is 2. The molecule has 2 N–H and O–H groups in total. The lowest BCUT2D eigenvalue weighted by Crippen LogP contribution is -2.33. The van der Waals surface area contributed by atoms with Crippen LogP contribution < -0.4 is 10.6 Å². The minimum absolute atomic E-state index is 0.0614. The van der Waals surface area contributed by atoms with E-state index in [0.717, 1.165) is 55.0 Å². The average molecular weight is 493 g/mol. The summed E-state index contributed by atoms with van der Waals surface area (Å²) >= 11 is 1.23. The molecule has 0 aliphatic carbocycles. The lowest BCUT2D eigenvalue weighted by Gasteiger charge is -2.22. The van der Waals surface area contributed by atoms with Crippen LogP contribution in [0.3, 0.4) is 0 Å². The number of rotatable bonds is 6. The van der Waals surface area contributed by atoms with Crippen molar-refractivity contribution in [2.75, 3.05) is 23.7 Å². The van der Waals surface area contributed by atoms with Crippen LogP contribution in [0.1, 0.15) is 46.2 Å². The standard InChI is InChI=1S/C22H23F3N6O2S/c1-13-16(10-30(2)29-13)26-19(32)11-31-9-3-4-18(31)17-12-34-21(27-17)28-20(33)14-5-7-15(8-6-14)22(23,24)25/h5-8,10,12,18H,3-4,9,11H2,1-2H3,(H,26,32)(H,27,28,33)/t18-/m1/s1. The molecule has 34 heavy (non-hydrogen) atoms. The molecule has 1 saturated heterocycles. The minimum Gasteiger partial charge on any atom is -0.322 e. The highest BCUT2D eigenvalue weighted by atomic mass is 32.1. The number of nitrogens with zero attached hydrogens (tertiary/aromatic N) is 4. The minimum atomic E-state index is -4.46. The maximum atomic E-state index is 12.7. The van der Waals surface area contributed by atoms with Crippen molar-refractivity contribution in [3.05, 3.63) is 58.4 Å². The third-order valence-electron chi connectivity index (χ3n) is 5.56. The normalized spacial score (nSPS) is 16.6. The largest absolute Gasteiger partial charge is 0.416 e. The number of halogens is 3. The molecule has 180 valence electrons. The number of nitrogens with one attached hydrogen (secondary N) is 2. The van der Waals surface area contributed by atoms with E-state index in [1.807, 2.05) is 17.2 Å². The van der Waals surface area contributed by atoms with Gasteiger partial charge in [0.25, 0.3) is 5.91 Å². The summed E-state index contributed by atoms with van der Waals surface area (Å²) in [5.41, 5.74) is 1.45. The summed E-state index contributed by atoms with van der Waals surface area (Å²) in [5.74, 6) is -0.682. The number of aromatic nitrogens is 3. The summed E-state index contributed by atoms with van der Waals surface area (Å²) in [4.78, 5) is 31.5. The molecule has 1 aliphatic rings. The Morgan fingerprint density at radius 3 is 2.59 bits per heavy atom. The van der Waals surface area contributed by atoms with Crippen molar-refractivity contribution in [1.29, 1.82) is 0 Å². The Hall–Kier alpha value is -3.25. The quantitative estimate of drug-likeness (QED) is 0.537. The lowest BCUT2D eigenvalue weighted by molar-refractivity contribution is -0.137. The summed E-state index contributed by atoms with van der Waals surface area (Å²) in [6.45, 7) is 2.77. The molecular formula is C22H23F3N6O2S. The first-order valence-corrected chi connectivity index (χ1v) is 11.5. The van der Waals surface area contributed by atoms with Crippen LogP contribution >= 0.6 is 11.3 Å². The van der Waals surface area contributed by atoms with Gasteiger partial charge in [0, 0.05) is 24.2 Å². The van der Waals surface area contributed by atoms with Crippen LogP contribution in [0.25, 0.3) is 0 Å². The van der Waals surface area contributed by atoms with Gasteiger partial charge in [-0.2, -0.15) is 18.3 Å². The average Bonchev–Trinajstić information content (AvgIpc) is 3.48. The van der Waals surface area contributed by atoms with Crippen LogP contribution in [-0.4, -0.2) is 44.6 Å². The van der Waals surface area contributed by atoms with Gasteiger partial charge in [0.15, 0.2) is 5.13 Å². The Morgan fingerprint density at radius 2 is 1.94 bits per heavy atom. The smallest absolute Gasteiger partial charge is 0.322 e. The third-order valence-corrected chi connectivity index (χ3v) is 6.33. The fourth-order valence-corrected chi connectivity index (χ4v) is 4.68. The van der Waals surface area contributed by atoms with Gasteiger partial charge in [-0.25, -0.2) is 4.98 Å². The van der Waals surface area contributed by atoms with Crippen LogP contribution in [0.4, 0.5) is 24.0 Å². The first-order chi connectivity index (χ1) is 16.1. The maximum Gasteiger partial charge on any atom is 0.416 e. The predicted molar refractivity (Wildman–Crippen MR) is 122 cm³/mol. The zero-order valence-corrected chi connectivity index (χ0v) is 19.3. The number of thiazole rings is 1. The van der Waals surface area contributed by atoms with Gasteiger partial charge >= 0.3 is 6.18 Å². The molecule has 1 atom stereocenters. The summed E-state index contributed by atoms with van der Waals surface area (Å²) in [6, 6.07) is 3.95. The van der Waals surface area contributed by atoms with Crippen molar-refractivity contribution in [2.24, 2.45) is 7.05 Å². The van der Waals surface area contributed by atoms with Crippen LogP contribution in [0.2, 0.25) is 0 Å². The molecule has 0 radical (unpaired) electrons. The number of hydrogen-bond acceptors (Lipinski definition) is 6. The molecule has 4 rings (SSSR count). The molecule has 1 fully saturated rings. The van der Waals surface area contributed by atoms with Crippen LogP contribution in [0.15, 0.2) is 35.8 Å². The molecular weight excluding hydrogens is 469 g/mol. The molecule has 2 amide bonds. The van der Waals surface area contributed by atoms with Gasteiger partial charge in [-0.3, -0.25) is 24.5 Å². The summed E-state index contributed by atoms with van der Waals surface area (Å²) in [6.07, 6.45) is -0.968. The van der Waals surface area contributed by atoms with E-state index in [2.05, 4.69) is 20.7 Å². The Balaban J connectivity index is 1.37. The van der Waals surface area contributed by atoms with Gasteiger partial charge in [-0.1, -0.05) is 0 Å². The van der Waals surface area contributed by atoms with Crippen molar-refractivity contribution < 1.29 is 22.8 Å². The van der Waals surface area contributed by atoms with E-state index in [4.69, 9.17) is 0 Å². The van der Waals surface area contributed by atoms with E-state index in [1.54, 1.807) is 17.9 Å². The highest BCUT2D eigenvalue weighted by Crippen LogP contribution is 2.34. The molecule has 0 bridgehead atoms. The van der Waals surface area contributed by atoms with Crippen molar-refractivity contribution >= 4 is 34.0 Å². The molecule has 8 nitrogen and oxygen atoms in total. The Morgan fingerprint density at radius 1 is 1.21 bits per heavy atom. The number of likely N-dealkylation sites (tertiary alicyclic amines) is 1. The van der Waals surface area contributed by atoms with E-state index >= 15 is 0 Å². The van der Waals surface area contributed by atoms with Crippen molar-refractivity contribution in [2.45, 2.75) is 32.0 Å². The van der Waals surface area contributed by atoms with E-state index in [-0.39, 0.29) is 24.1 Å². The van der Waals surface area contributed by atoms with Crippen LogP contribution in [0.5, 0.6) is 0 Å². The molecule has 1 aromatic carbocycles. The van der Waals surface area contributed by atoms with E-state index < -0.39 is 17.6 Å². The predicted octanol–water partition coefficient (Wildman–Crippen LogP) is 4.23. The third kappa shape index (κ3) is 5.45. The highest BCUT2D eigenvalue weighted by Gasteiger charge is 2.31. The number of alkyl halides is 3. The topological polar surface area (TPSA) is 92.2 Å². The number of amides is 2. The first kappa shape index (κ1) is 23.9. The number of aryl methyl sites for hydroxylation is 2. The number of hydrogen-bond donors (Lipinski definition) is 2. The van der Waals surface area contributed by atoms with Gasteiger partial charge in [-0.15, -0.1) is 11.3 Å². The second-order valence-electron chi connectivity index (χ2n) is 8.09. The van der Waals surface area contributed by atoms with Crippen LogP contribution in [0, 0.1) is 6.92 Å². The zero-order valence-electron chi connectivity index (χ0n) is 18.5. The molecule has 0 unspecified atom stereocenters. The van der Waals surface area contributed by atoms with Crippen LogP contribution in [-0.2, 0) is 18.0 Å². The second kappa shape index (κ2) is 9.55. The maximum absolute atomic E-state index is 12.7. The number of anilines is 2. The number of benzene rings is 1. The zero-order chi connectivity index (χ0) is 24.5. The second-order valence-corrected chi connectivity index (χ2v) is 8.94. The molecule has 2 aromatic heterocycles. The Labute approximate surface area is 197 Å². The summed E-state index contributed by atoms with van der Waals surface area (Å²) in [7, 11) is 1.79. The fraction of sp³-hybridized carbons (Fsp3) is 0.364. The van der Waals surface area contributed by atoms with Gasteiger partial charge in [0.05, 0.1) is 35.2 Å². The van der Waals surface area contributed by atoms with Gasteiger partial charge in [0.2, 0.25) is 5.91 Å². The Kier molecular flexibility index (Phi) is 6.71. The van der Waals surface area contributed by atoms with E-state index in [1.165, 1.54) is 11.3 Å². The molecule has 0 saturated carbocycles. The lowest BCUT2D eigenvalue weighted by atomic mass is 10.1. The molecule has 0 spiro atoms. The van der Waals surface area contributed by atoms with E-state index in [0.29, 0.717) is 10.8 Å². The monoisotopic (exact) mass is 492 g/mol. The first-order valence-electron chi connectivity index (χ1n) is 10.6. The van der Waals surface area contributed by atoms with Gasteiger partial charge in [-0.05, 0) is 50.6 Å². The van der Waals surface area contributed by atoms with E-state index in [9.17, 15) is 22.8 Å². The van der Waals surface area contributed by atoms with Gasteiger partial charge in [0.1, 0.15) is 0 Å². The van der Waals surface area contributed by atoms with Crippen molar-refractivity contribution in [1.82, 2.24) is 19.7 Å². The molecule has 3 aromatic rings. The summed E-state index contributed by atoms with van der Waals surface area (Å²) in [5, 5.41) is 11.9. The SMILES string of the molecule is Cc1nn(C)cc1NC(=O)CN1CCC[C@@H]1c1csc(NC(=O)c2ccc(C(F)(F)F)cc2)n1. The molecule has 1 aliphatic heterocycles. The van der Waals surface area contributed by atoms with Crippen molar-refractivity contribution in [3.8, 4) is 0 Å². The highest BCUT2D eigenvalue weighted by molar-refractivity contribution is 7.14. The number of carbonyl (C=O) groups is 2. The summed E-state index contributed by atoms with van der Waals surface area (Å²) < 4.78 is 39.8. The van der Waals surface area contributed by atoms with Crippen molar-refractivity contribution in [3.63, 3.8) is 0 Å². The molecule has 12 heteroatoms. The molecule has 3 heterocycles. The fourth-order valence-electron chi connectivity index (χ4n) is 3.92. The Bertz CT molecular complexity index is 1190.